The molecule has 1 rings (SSSR count). The van der Waals surface area contributed by atoms with E-state index in [9.17, 15) is 8.78 Å². The molecule has 0 aliphatic rings. The molecule has 0 bridgehead atoms. The summed E-state index contributed by atoms with van der Waals surface area (Å²) in [6, 6.07) is 2.51. The summed E-state index contributed by atoms with van der Waals surface area (Å²) >= 11 is 1.69. The molecule has 1 nitrogen and oxygen atoms in total. The smallest absolute Gasteiger partial charge is 0.133 e. The van der Waals surface area contributed by atoms with Crippen LogP contribution in [0.1, 0.15) is 31.0 Å². The summed E-state index contributed by atoms with van der Waals surface area (Å²) in [5.74, 6) is -0.253. The molecule has 0 spiro atoms. The molecule has 96 valence electrons. The normalized spacial score (nSPS) is 13.1. The molecule has 0 saturated heterocycles. The molecule has 0 aromatic heterocycles. The van der Waals surface area contributed by atoms with Crippen LogP contribution in [-0.4, -0.2) is 18.1 Å². The highest BCUT2D eigenvalue weighted by Gasteiger charge is 2.20. The number of benzene rings is 1. The van der Waals surface area contributed by atoms with Crippen LogP contribution in [0.2, 0.25) is 0 Å². The van der Waals surface area contributed by atoms with E-state index in [-0.39, 0.29) is 11.6 Å². The van der Waals surface area contributed by atoms with Crippen molar-refractivity contribution >= 4 is 11.8 Å². The Hall–Kier alpha value is -0.610. The highest BCUT2D eigenvalue weighted by atomic mass is 32.2. The number of thioether (sulfide) groups is 1. The Labute approximate surface area is 106 Å². The van der Waals surface area contributed by atoms with E-state index in [0.29, 0.717) is 16.6 Å². The van der Waals surface area contributed by atoms with Gasteiger partial charge in [-0.25, -0.2) is 8.78 Å². The minimum atomic E-state index is -0.475. The molecule has 1 atom stereocenters. The van der Waals surface area contributed by atoms with Gasteiger partial charge in [-0.2, -0.15) is 11.8 Å². The van der Waals surface area contributed by atoms with Crippen LogP contribution in [0.4, 0.5) is 8.78 Å². The van der Waals surface area contributed by atoms with Gasteiger partial charge in [0.05, 0.1) is 0 Å². The molecular weight excluding hydrogens is 240 g/mol. The first-order valence-corrected chi connectivity index (χ1v) is 6.75. The Morgan fingerprint density at radius 3 is 2.47 bits per heavy atom. The second kappa shape index (κ2) is 6.36. The van der Waals surface area contributed by atoms with Gasteiger partial charge >= 0.3 is 0 Å². The fourth-order valence-electron chi connectivity index (χ4n) is 1.60. The molecule has 0 aliphatic heterocycles. The lowest BCUT2D eigenvalue weighted by Crippen LogP contribution is -2.22. The zero-order valence-corrected chi connectivity index (χ0v) is 11.5. The van der Waals surface area contributed by atoms with E-state index in [1.807, 2.05) is 0 Å². The van der Waals surface area contributed by atoms with Crippen LogP contribution >= 0.6 is 11.8 Å². The van der Waals surface area contributed by atoms with Crippen molar-refractivity contribution in [2.24, 2.45) is 0 Å². The Morgan fingerprint density at radius 1 is 1.29 bits per heavy atom. The van der Waals surface area contributed by atoms with Crippen molar-refractivity contribution in [3.8, 4) is 0 Å². The molecule has 0 amide bonds. The molecule has 0 heterocycles. The van der Waals surface area contributed by atoms with E-state index >= 15 is 0 Å². The van der Waals surface area contributed by atoms with Gasteiger partial charge in [-0.05, 0) is 30.9 Å². The van der Waals surface area contributed by atoms with Crippen molar-refractivity contribution < 1.29 is 8.78 Å². The van der Waals surface area contributed by atoms with Gasteiger partial charge in [-0.15, -0.1) is 0 Å². The summed E-state index contributed by atoms with van der Waals surface area (Å²) in [7, 11) is 1.73. The minimum Gasteiger partial charge on any atom is -0.312 e. The number of rotatable bonds is 5. The van der Waals surface area contributed by atoms with Gasteiger partial charge in [0, 0.05) is 17.4 Å². The number of hydrogen-bond donors (Lipinski definition) is 1. The van der Waals surface area contributed by atoms with Crippen molar-refractivity contribution in [1.29, 1.82) is 0 Å². The van der Waals surface area contributed by atoms with Crippen LogP contribution in [0.15, 0.2) is 12.1 Å². The fourth-order valence-corrected chi connectivity index (χ4v) is 2.51. The maximum Gasteiger partial charge on any atom is 0.133 e. The van der Waals surface area contributed by atoms with Gasteiger partial charge in [0.25, 0.3) is 0 Å². The average molecular weight is 259 g/mol. The molecule has 0 aliphatic carbocycles. The molecule has 1 aromatic carbocycles. The van der Waals surface area contributed by atoms with Crippen LogP contribution in [0, 0.1) is 18.6 Å². The summed E-state index contributed by atoms with van der Waals surface area (Å²) in [6.45, 7) is 5.79. The van der Waals surface area contributed by atoms with Gasteiger partial charge in [0.15, 0.2) is 0 Å². The van der Waals surface area contributed by atoms with Gasteiger partial charge < -0.3 is 5.32 Å². The van der Waals surface area contributed by atoms with Crippen LogP contribution in [0.5, 0.6) is 0 Å². The maximum absolute atomic E-state index is 13.9. The fraction of sp³-hybridized carbons (Fsp3) is 0.538. The van der Waals surface area contributed by atoms with Crippen molar-refractivity contribution in [3.05, 3.63) is 34.9 Å². The standard InChI is InChI=1S/C13H19F2NS/c1-8(2)17-7-11(16-4)12-10(14)6-5-9(3)13(12)15/h5-6,8,11,16H,7H2,1-4H3. The predicted molar refractivity (Wildman–Crippen MR) is 70.5 cm³/mol. The highest BCUT2D eigenvalue weighted by molar-refractivity contribution is 7.99. The van der Waals surface area contributed by atoms with E-state index in [4.69, 9.17) is 0 Å². The third kappa shape index (κ3) is 3.68. The first kappa shape index (κ1) is 14.5. The predicted octanol–water partition coefficient (Wildman–Crippen LogP) is 3.68. The Balaban J connectivity index is 2.98. The lowest BCUT2D eigenvalue weighted by atomic mass is 10.0. The van der Waals surface area contributed by atoms with E-state index < -0.39 is 11.6 Å². The third-order valence-electron chi connectivity index (χ3n) is 2.61. The Kier molecular flexibility index (Phi) is 5.40. The maximum atomic E-state index is 13.9. The molecule has 17 heavy (non-hydrogen) atoms. The van der Waals surface area contributed by atoms with Gasteiger partial charge in [-0.3, -0.25) is 0 Å². The SMILES string of the molecule is CNC(CSC(C)C)c1c(F)ccc(C)c1F. The number of aryl methyl sites for hydroxylation is 1. The highest BCUT2D eigenvalue weighted by Crippen LogP contribution is 2.27. The topological polar surface area (TPSA) is 12.0 Å². The first-order chi connectivity index (χ1) is 7.97. The second-order valence-corrected chi connectivity index (χ2v) is 5.92. The summed E-state index contributed by atoms with van der Waals surface area (Å²) in [5.41, 5.74) is 0.636. The molecular formula is C13H19F2NS. The number of nitrogens with one attached hydrogen (secondary N) is 1. The molecule has 0 radical (unpaired) electrons. The summed E-state index contributed by atoms with van der Waals surface area (Å²) in [6.07, 6.45) is 0. The van der Waals surface area contributed by atoms with Crippen LogP contribution in [0.3, 0.4) is 0 Å². The zero-order valence-electron chi connectivity index (χ0n) is 10.7. The molecule has 0 saturated carbocycles. The Morgan fingerprint density at radius 2 is 1.94 bits per heavy atom. The van der Waals surface area contributed by atoms with Gasteiger partial charge in [0.1, 0.15) is 11.6 Å². The van der Waals surface area contributed by atoms with Crippen molar-refractivity contribution in [1.82, 2.24) is 5.32 Å². The Bertz CT molecular complexity index is 380. The quantitative estimate of drug-likeness (QED) is 0.865. The lowest BCUT2D eigenvalue weighted by Gasteiger charge is -2.19. The summed E-state index contributed by atoms with van der Waals surface area (Å²) < 4.78 is 27.6. The summed E-state index contributed by atoms with van der Waals surface area (Å²) in [5, 5.41) is 3.43. The molecule has 1 unspecified atom stereocenters. The van der Waals surface area contributed by atoms with Gasteiger partial charge in [-0.1, -0.05) is 19.9 Å². The monoisotopic (exact) mass is 259 g/mol. The van der Waals surface area contributed by atoms with Gasteiger partial charge in [0.2, 0.25) is 0 Å². The van der Waals surface area contributed by atoms with Crippen LogP contribution in [-0.2, 0) is 0 Å². The first-order valence-electron chi connectivity index (χ1n) is 5.70. The van der Waals surface area contributed by atoms with E-state index in [1.54, 1.807) is 25.7 Å². The minimum absolute atomic E-state index is 0.153. The molecule has 4 heteroatoms. The third-order valence-corrected chi connectivity index (χ3v) is 3.81. The average Bonchev–Trinajstić information content (AvgIpc) is 2.28. The van der Waals surface area contributed by atoms with E-state index in [1.165, 1.54) is 12.1 Å². The number of halogens is 2. The largest absolute Gasteiger partial charge is 0.312 e. The molecule has 1 aromatic rings. The summed E-state index contributed by atoms with van der Waals surface area (Å²) in [4.78, 5) is 0. The second-order valence-electron chi connectivity index (χ2n) is 4.32. The molecule has 0 fully saturated rings. The van der Waals surface area contributed by atoms with Crippen LogP contribution in [0.25, 0.3) is 0 Å². The molecule has 1 N–H and O–H groups in total. The van der Waals surface area contributed by atoms with E-state index in [2.05, 4.69) is 19.2 Å². The van der Waals surface area contributed by atoms with Crippen LogP contribution < -0.4 is 5.32 Å². The van der Waals surface area contributed by atoms with E-state index in [0.717, 1.165) is 0 Å². The van der Waals surface area contributed by atoms with Crippen molar-refractivity contribution in [2.75, 3.05) is 12.8 Å². The van der Waals surface area contributed by atoms with Crippen molar-refractivity contribution in [2.45, 2.75) is 32.1 Å². The van der Waals surface area contributed by atoms with Crippen molar-refractivity contribution in [3.63, 3.8) is 0 Å². The lowest BCUT2D eigenvalue weighted by molar-refractivity contribution is 0.509. The zero-order chi connectivity index (χ0) is 13.0. The number of hydrogen-bond acceptors (Lipinski definition) is 2.